The second-order valence-corrected chi connectivity index (χ2v) is 6.87. The molecule has 1 aliphatic rings. The summed E-state index contributed by atoms with van der Waals surface area (Å²) in [5, 5.41) is 14.2. The van der Waals surface area contributed by atoms with Crippen LogP contribution in [0.2, 0.25) is 0 Å². The van der Waals surface area contributed by atoms with Crippen LogP contribution < -0.4 is 10.6 Å². The van der Waals surface area contributed by atoms with Gasteiger partial charge in [-0.05, 0) is 37.1 Å². The Morgan fingerprint density at radius 2 is 2.08 bits per heavy atom. The van der Waals surface area contributed by atoms with Crippen molar-refractivity contribution in [3.8, 4) is 0 Å². The number of carbonyl (C=O) groups is 2. The van der Waals surface area contributed by atoms with Gasteiger partial charge >= 0.3 is 0 Å². The van der Waals surface area contributed by atoms with E-state index in [1.807, 2.05) is 0 Å². The Bertz CT molecular complexity index is 756. The van der Waals surface area contributed by atoms with Gasteiger partial charge in [0.15, 0.2) is 0 Å². The number of ether oxygens (including phenoxy) is 2. The Morgan fingerprint density at radius 1 is 1.27 bits per heavy atom. The number of methoxy groups -OCH3 is 1. The van der Waals surface area contributed by atoms with E-state index in [1.165, 1.54) is 11.3 Å². The van der Waals surface area contributed by atoms with Gasteiger partial charge in [0.1, 0.15) is 5.01 Å². The third kappa shape index (κ3) is 4.84. The number of hydrogen-bond acceptors (Lipinski definition) is 7. The summed E-state index contributed by atoms with van der Waals surface area (Å²) in [4.78, 5) is 24.3. The molecule has 0 saturated carbocycles. The van der Waals surface area contributed by atoms with Crippen LogP contribution in [-0.4, -0.2) is 48.4 Å². The van der Waals surface area contributed by atoms with Gasteiger partial charge in [-0.25, -0.2) is 0 Å². The number of rotatable bonds is 7. The SMILES string of the molecule is COCc1nnc(C(=O)Nc2ccc(C(=O)NCC3CCCO3)cc2)s1. The minimum absolute atomic E-state index is 0.104. The highest BCUT2D eigenvalue weighted by Crippen LogP contribution is 2.15. The summed E-state index contributed by atoms with van der Waals surface area (Å²) >= 11 is 1.18. The van der Waals surface area contributed by atoms with E-state index in [0.717, 1.165) is 19.4 Å². The van der Waals surface area contributed by atoms with Crippen LogP contribution >= 0.6 is 11.3 Å². The summed E-state index contributed by atoms with van der Waals surface area (Å²) in [6.45, 7) is 1.59. The van der Waals surface area contributed by atoms with Crippen LogP contribution in [0.4, 0.5) is 5.69 Å². The summed E-state index contributed by atoms with van der Waals surface area (Å²) < 4.78 is 10.4. The van der Waals surface area contributed by atoms with E-state index in [-0.39, 0.29) is 22.9 Å². The third-order valence-electron chi connectivity index (χ3n) is 3.85. The molecule has 0 radical (unpaired) electrons. The Kier molecular flexibility index (Phi) is 6.26. The second kappa shape index (κ2) is 8.84. The van der Waals surface area contributed by atoms with Crippen molar-refractivity contribution in [2.24, 2.45) is 0 Å². The lowest BCUT2D eigenvalue weighted by molar-refractivity contribution is 0.0857. The lowest BCUT2D eigenvalue weighted by atomic mass is 10.2. The first-order chi connectivity index (χ1) is 12.7. The van der Waals surface area contributed by atoms with Gasteiger partial charge in [-0.1, -0.05) is 11.3 Å². The van der Waals surface area contributed by atoms with E-state index in [9.17, 15) is 9.59 Å². The first-order valence-corrected chi connectivity index (χ1v) is 9.10. The van der Waals surface area contributed by atoms with Crippen LogP contribution in [0.3, 0.4) is 0 Å². The molecule has 1 saturated heterocycles. The number of hydrogen-bond donors (Lipinski definition) is 2. The van der Waals surface area contributed by atoms with E-state index >= 15 is 0 Å². The average molecular weight is 376 g/mol. The molecule has 0 bridgehead atoms. The molecule has 1 fully saturated rings. The second-order valence-electron chi connectivity index (χ2n) is 5.81. The molecule has 9 heteroatoms. The molecule has 26 heavy (non-hydrogen) atoms. The van der Waals surface area contributed by atoms with Crippen LogP contribution in [0.25, 0.3) is 0 Å². The van der Waals surface area contributed by atoms with Gasteiger partial charge in [0.25, 0.3) is 11.8 Å². The van der Waals surface area contributed by atoms with Crippen LogP contribution in [0.5, 0.6) is 0 Å². The Hall–Kier alpha value is -2.36. The Labute approximate surface area is 154 Å². The predicted molar refractivity (Wildman–Crippen MR) is 96.3 cm³/mol. The van der Waals surface area contributed by atoms with Crippen LogP contribution in [0, 0.1) is 0 Å². The highest BCUT2D eigenvalue weighted by Gasteiger charge is 2.17. The van der Waals surface area contributed by atoms with Crippen molar-refractivity contribution >= 4 is 28.8 Å². The third-order valence-corrected chi connectivity index (χ3v) is 4.74. The van der Waals surface area contributed by atoms with E-state index in [0.29, 0.717) is 29.4 Å². The van der Waals surface area contributed by atoms with Gasteiger partial charge in [-0.2, -0.15) is 0 Å². The minimum atomic E-state index is -0.347. The highest BCUT2D eigenvalue weighted by molar-refractivity contribution is 7.13. The highest BCUT2D eigenvalue weighted by atomic mass is 32.1. The van der Waals surface area contributed by atoms with Crippen molar-refractivity contribution in [3.05, 3.63) is 39.8 Å². The van der Waals surface area contributed by atoms with E-state index in [2.05, 4.69) is 20.8 Å². The van der Waals surface area contributed by atoms with Crippen LogP contribution in [-0.2, 0) is 16.1 Å². The first-order valence-electron chi connectivity index (χ1n) is 8.28. The average Bonchev–Trinajstić information content (AvgIpc) is 3.32. The molecular formula is C17H20N4O4S. The molecule has 1 aromatic carbocycles. The number of anilines is 1. The van der Waals surface area contributed by atoms with E-state index < -0.39 is 0 Å². The van der Waals surface area contributed by atoms with Crippen LogP contribution in [0.15, 0.2) is 24.3 Å². The van der Waals surface area contributed by atoms with Crippen LogP contribution in [0.1, 0.15) is 38.0 Å². The lowest BCUT2D eigenvalue weighted by Gasteiger charge is -2.11. The van der Waals surface area contributed by atoms with Gasteiger partial charge in [0, 0.05) is 31.5 Å². The molecule has 8 nitrogen and oxygen atoms in total. The molecule has 1 aliphatic heterocycles. The fourth-order valence-electron chi connectivity index (χ4n) is 2.53. The predicted octanol–water partition coefficient (Wildman–Crippen LogP) is 1.85. The number of amides is 2. The zero-order chi connectivity index (χ0) is 18.4. The van der Waals surface area contributed by atoms with Gasteiger partial charge < -0.3 is 20.1 Å². The fourth-order valence-corrected chi connectivity index (χ4v) is 3.24. The maximum absolute atomic E-state index is 12.2. The van der Waals surface area contributed by atoms with E-state index in [1.54, 1.807) is 31.4 Å². The number of nitrogens with one attached hydrogen (secondary N) is 2. The maximum atomic E-state index is 12.2. The molecule has 1 unspecified atom stereocenters. The summed E-state index contributed by atoms with van der Waals surface area (Å²) in [7, 11) is 1.56. The largest absolute Gasteiger partial charge is 0.377 e. The molecule has 2 aromatic rings. The zero-order valence-electron chi connectivity index (χ0n) is 14.4. The summed E-state index contributed by atoms with van der Waals surface area (Å²) in [5.41, 5.74) is 1.11. The molecule has 0 aliphatic carbocycles. The summed E-state index contributed by atoms with van der Waals surface area (Å²) in [6, 6.07) is 6.68. The fraction of sp³-hybridized carbons (Fsp3) is 0.412. The van der Waals surface area contributed by atoms with Crippen molar-refractivity contribution in [1.29, 1.82) is 0 Å². The van der Waals surface area contributed by atoms with Gasteiger partial charge in [0.05, 0.1) is 12.7 Å². The lowest BCUT2D eigenvalue weighted by Crippen LogP contribution is -2.31. The molecule has 138 valence electrons. The molecule has 3 rings (SSSR count). The smallest absolute Gasteiger partial charge is 0.286 e. The van der Waals surface area contributed by atoms with Crippen molar-refractivity contribution in [1.82, 2.24) is 15.5 Å². The van der Waals surface area contributed by atoms with Gasteiger partial charge in [-0.3, -0.25) is 9.59 Å². The number of aromatic nitrogens is 2. The summed E-state index contributed by atoms with van der Waals surface area (Å²) in [6.07, 6.45) is 2.12. The quantitative estimate of drug-likeness (QED) is 0.764. The zero-order valence-corrected chi connectivity index (χ0v) is 15.2. The van der Waals surface area contributed by atoms with Gasteiger partial charge in [0.2, 0.25) is 5.01 Å². The Balaban J connectivity index is 1.52. The number of nitrogens with zero attached hydrogens (tertiary/aromatic N) is 2. The molecule has 1 atom stereocenters. The van der Waals surface area contributed by atoms with Gasteiger partial charge in [-0.15, -0.1) is 10.2 Å². The molecular weight excluding hydrogens is 356 g/mol. The first kappa shape index (κ1) is 18.4. The number of carbonyl (C=O) groups excluding carboxylic acids is 2. The number of benzene rings is 1. The molecule has 2 heterocycles. The molecule has 2 amide bonds. The molecule has 1 aromatic heterocycles. The molecule has 2 N–H and O–H groups in total. The molecule has 0 spiro atoms. The van der Waals surface area contributed by atoms with Crippen molar-refractivity contribution in [2.75, 3.05) is 25.6 Å². The standard InChI is InChI=1S/C17H20N4O4S/c1-24-10-14-20-21-17(26-14)16(23)19-12-6-4-11(5-7-12)15(22)18-9-13-3-2-8-25-13/h4-7,13H,2-3,8-10H2,1H3,(H,18,22)(H,19,23). The normalized spacial score (nSPS) is 16.4. The van der Waals surface area contributed by atoms with E-state index in [4.69, 9.17) is 9.47 Å². The monoisotopic (exact) mass is 376 g/mol. The van der Waals surface area contributed by atoms with Crippen molar-refractivity contribution < 1.29 is 19.1 Å². The Morgan fingerprint density at radius 3 is 2.77 bits per heavy atom. The minimum Gasteiger partial charge on any atom is -0.377 e. The maximum Gasteiger partial charge on any atom is 0.286 e. The summed E-state index contributed by atoms with van der Waals surface area (Å²) in [5.74, 6) is -0.507. The van der Waals surface area contributed by atoms with Crippen molar-refractivity contribution in [3.63, 3.8) is 0 Å². The van der Waals surface area contributed by atoms with Crippen molar-refractivity contribution in [2.45, 2.75) is 25.6 Å². The topological polar surface area (TPSA) is 102 Å².